The molecule has 1 amide bonds. The Kier molecular flexibility index (Phi) is 9.10. The number of likely N-dealkylation sites (tertiary alicyclic amines) is 1. The van der Waals surface area contributed by atoms with Gasteiger partial charge >= 0.3 is 0 Å². The standard InChI is InChI=1S/C21H30N4O.HI/c1-22-21(23-13-5-8-20(26)24-19-9-10-19)25-14-11-18(12-15-25)16-17-6-3-2-4-7-17;/h2-4,6-7,16,19H,5,8-15H2,1H3,(H,22,23)(H,24,26);1H. The predicted molar refractivity (Wildman–Crippen MR) is 122 cm³/mol. The van der Waals surface area contributed by atoms with E-state index in [9.17, 15) is 4.79 Å². The third-order valence-corrected chi connectivity index (χ3v) is 4.89. The third-order valence-electron chi connectivity index (χ3n) is 4.89. The van der Waals surface area contributed by atoms with Crippen molar-refractivity contribution < 1.29 is 4.79 Å². The highest BCUT2D eigenvalue weighted by Gasteiger charge is 2.22. The van der Waals surface area contributed by atoms with E-state index in [0.717, 1.165) is 57.7 Å². The molecule has 3 rings (SSSR count). The van der Waals surface area contributed by atoms with Crippen molar-refractivity contribution in [2.24, 2.45) is 4.99 Å². The third kappa shape index (κ3) is 7.52. The number of aliphatic imine (C=N–C) groups is 1. The number of benzene rings is 1. The summed E-state index contributed by atoms with van der Waals surface area (Å²) < 4.78 is 0. The number of guanidine groups is 1. The summed E-state index contributed by atoms with van der Waals surface area (Å²) in [6, 6.07) is 11.0. The van der Waals surface area contributed by atoms with Crippen molar-refractivity contribution in [1.82, 2.24) is 15.5 Å². The zero-order chi connectivity index (χ0) is 18.2. The van der Waals surface area contributed by atoms with Crippen LogP contribution in [-0.2, 0) is 4.79 Å². The van der Waals surface area contributed by atoms with Gasteiger partial charge in [0.25, 0.3) is 0 Å². The van der Waals surface area contributed by atoms with Gasteiger partial charge in [-0.1, -0.05) is 42.0 Å². The van der Waals surface area contributed by atoms with E-state index in [2.05, 4.69) is 56.9 Å². The smallest absolute Gasteiger partial charge is 0.220 e. The van der Waals surface area contributed by atoms with E-state index >= 15 is 0 Å². The lowest BCUT2D eigenvalue weighted by atomic mass is 10.0. The molecule has 6 heteroatoms. The number of carbonyl (C=O) groups is 1. The topological polar surface area (TPSA) is 56.7 Å². The van der Waals surface area contributed by atoms with E-state index in [4.69, 9.17) is 0 Å². The van der Waals surface area contributed by atoms with E-state index in [-0.39, 0.29) is 29.9 Å². The van der Waals surface area contributed by atoms with Gasteiger partial charge < -0.3 is 15.5 Å². The molecule has 1 aliphatic heterocycles. The molecule has 1 aromatic rings. The largest absolute Gasteiger partial charge is 0.356 e. The van der Waals surface area contributed by atoms with Gasteiger partial charge in [-0.05, 0) is 37.7 Å². The summed E-state index contributed by atoms with van der Waals surface area (Å²) in [5.74, 6) is 1.13. The Balaban J connectivity index is 0.00000261. The van der Waals surface area contributed by atoms with Crippen LogP contribution in [0.2, 0.25) is 0 Å². The lowest BCUT2D eigenvalue weighted by Gasteiger charge is -2.31. The van der Waals surface area contributed by atoms with Gasteiger partial charge in [0.1, 0.15) is 0 Å². The minimum absolute atomic E-state index is 0. The molecule has 5 nitrogen and oxygen atoms in total. The lowest BCUT2D eigenvalue weighted by Crippen LogP contribution is -2.44. The quantitative estimate of drug-likeness (QED) is 0.283. The maximum absolute atomic E-state index is 11.7. The van der Waals surface area contributed by atoms with Gasteiger partial charge in [0.15, 0.2) is 5.96 Å². The van der Waals surface area contributed by atoms with Gasteiger partial charge in [-0.3, -0.25) is 9.79 Å². The van der Waals surface area contributed by atoms with Gasteiger partial charge in [-0.25, -0.2) is 0 Å². The van der Waals surface area contributed by atoms with Crippen LogP contribution in [0.1, 0.15) is 44.1 Å². The van der Waals surface area contributed by atoms with Crippen molar-refractivity contribution in [3.05, 3.63) is 41.5 Å². The van der Waals surface area contributed by atoms with Gasteiger partial charge in [-0.15, -0.1) is 24.0 Å². The number of nitrogens with one attached hydrogen (secondary N) is 2. The molecule has 1 saturated carbocycles. The summed E-state index contributed by atoms with van der Waals surface area (Å²) in [4.78, 5) is 18.4. The summed E-state index contributed by atoms with van der Waals surface area (Å²) >= 11 is 0. The van der Waals surface area contributed by atoms with Gasteiger partial charge in [0, 0.05) is 39.1 Å². The zero-order valence-electron chi connectivity index (χ0n) is 16.1. The molecule has 0 radical (unpaired) electrons. The van der Waals surface area contributed by atoms with E-state index < -0.39 is 0 Å². The highest BCUT2D eigenvalue weighted by Crippen LogP contribution is 2.20. The molecule has 0 aromatic heterocycles. The molecule has 2 fully saturated rings. The average molecular weight is 482 g/mol. The molecule has 1 aliphatic carbocycles. The van der Waals surface area contributed by atoms with Crippen LogP contribution in [0.15, 0.2) is 40.9 Å². The van der Waals surface area contributed by atoms with Gasteiger partial charge in [-0.2, -0.15) is 0 Å². The number of hydrogen-bond donors (Lipinski definition) is 2. The Hall–Kier alpha value is -1.57. The maximum atomic E-state index is 11.7. The number of nitrogens with zero attached hydrogens (tertiary/aromatic N) is 2. The lowest BCUT2D eigenvalue weighted by molar-refractivity contribution is -0.121. The molecular weight excluding hydrogens is 451 g/mol. The molecule has 2 N–H and O–H groups in total. The normalized spacial score (nSPS) is 17.1. The summed E-state index contributed by atoms with van der Waals surface area (Å²) in [5, 5.41) is 6.43. The first-order chi connectivity index (χ1) is 12.7. The van der Waals surface area contributed by atoms with Crippen LogP contribution in [0.25, 0.3) is 6.08 Å². The summed E-state index contributed by atoms with van der Waals surface area (Å²) in [7, 11) is 1.83. The Morgan fingerprint density at radius 1 is 1.22 bits per heavy atom. The summed E-state index contributed by atoms with van der Waals surface area (Å²) in [6.07, 6.45) is 8.17. The number of carbonyl (C=O) groups excluding carboxylic acids is 1. The monoisotopic (exact) mass is 482 g/mol. The maximum Gasteiger partial charge on any atom is 0.220 e. The zero-order valence-corrected chi connectivity index (χ0v) is 18.4. The fourth-order valence-electron chi connectivity index (χ4n) is 3.24. The van der Waals surface area contributed by atoms with E-state index in [1.54, 1.807) is 0 Å². The summed E-state index contributed by atoms with van der Waals surface area (Å²) in [5.41, 5.74) is 2.78. The van der Waals surface area contributed by atoms with Crippen molar-refractivity contribution in [3.8, 4) is 0 Å². The first-order valence-electron chi connectivity index (χ1n) is 9.74. The Morgan fingerprint density at radius 2 is 1.93 bits per heavy atom. The van der Waals surface area contributed by atoms with Crippen molar-refractivity contribution in [3.63, 3.8) is 0 Å². The van der Waals surface area contributed by atoms with Crippen molar-refractivity contribution in [2.75, 3.05) is 26.7 Å². The van der Waals surface area contributed by atoms with Gasteiger partial charge in [0.05, 0.1) is 0 Å². The molecule has 1 heterocycles. The predicted octanol–water partition coefficient (Wildman–Crippen LogP) is 3.42. The number of halogens is 1. The van der Waals surface area contributed by atoms with Gasteiger partial charge in [0.2, 0.25) is 5.91 Å². The van der Waals surface area contributed by atoms with E-state index in [0.29, 0.717) is 12.5 Å². The highest BCUT2D eigenvalue weighted by molar-refractivity contribution is 14.0. The molecule has 1 aromatic carbocycles. The minimum atomic E-state index is 0. The van der Waals surface area contributed by atoms with Crippen LogP contribution in [0.4, 0.5) is 0 Å². The van der Waals surface area contributed by atoms with Crippen molar-refractivity contribution in [2.45, 2.75) is 44.6 Å². The second-order valence-electron chi connectivity index (χ2n) is 7.12. The van der Waals surface area contributed by atoms with Crippen molar-refractivity contribution >= 4 is 41.9 Å². The fraction of sp³-hybridized carbons (Fsp3) is 0.524. The number of hydrogen-bond acceptors (Lipinski definition) is 2. The number of piperidine rings is 1. The van der Waals surface area contributed by atoms with Crippen LogP contribution < -0.4 is 10.6 Å². The second-order valence-corrected chi connectivity index (χ2v) is 7.12. The first-order valence-corrected chi connectivity index (χ1v) is 9.74. The van der Waals surface area contributed by atoms with E-state index in [1.807, 2.05) is 7.05 Å². The highest BCUT2D eigenvalue weighted by atomic mass is 127. The molecule has 1 saturated heterocycles. The van der Waals surface area contributed by atoms with Crippen LogP contribution in [-0.4, -0.2) is 49.5 Å². The summed E-state index contributed by atoms with van der Waals surface area (Å²) in [6.45, 7) is 2.76. The Bertz CT molecular complexity index is 645. The molecule has 27 heavy (non-hydrogen) atoms. The fourth-order valence-corrected chi connectivity index (χ4v) is 3.24. The molecule has 0 atom stereocenters. The van der Waals surface area contributed by atoms with Crippen LogP contribution >= 0.6 is 24.0 Å². The number of amides is 1. The second kappa shape index (κ2) is 11.3. The van der Waals surface area contributed by atoms with Crippen LogP contribution in [0.3, 0.4) is 0 Å². The molecule has 2 aliphatic rings. The minimum Gasteiger partial charge on any atom is -0.356 e. The Labute approximate surface area is 179 Å². The Morgan fingerprint density at radius 3 is 2.56 bits per heavy atom. The first kappa shape index (κ1) is 21.7. The van der Waals surface area contributed by atoms with E-state index in [1.165, 1.54) is 11.1 Å². The average Bonchev–Trinajstić information content (AvgIpc) is 3.47. The molecule has 0 unspecified atom stereocenters. The van der Waals surface area contributed by atoms with Crippen molar-refractivity contribution in [1.29, 1.82) is 0 Å². The molecule has 148 valence electrons. The number of rotatable bonds is 6. The van der Waals surface area contributed by atoms with Crippen LogP contribution in [0, 0.1) is 0 Å². The SMILES string of the molecule is CN=C(NCCCC(=O)NC1CC1)N1CCC(=Cc2ccccc2)CC1.I. The van der Waals surface area contributed by atoms with Crippen LogP contribution in [0.5, 0.6) is 0 Å². The molecular formula is C21H31IN4O. The molecule has 0 spiro atoms. The molecule has 0 bridgehead atoms.